The molecule has 2 aliphatic rings. The Morgan fingerprint density at radius 1 is 1.17 bits per heavy atom. The fourth-order valence-corrected chi connectivity index (χ4v) is 6.06. The quantitative estimate of drug-likeness (QED) is 0.183. The van der Waals surface area contributed by atoms with Crippen LogP contribution in [0, 0.1) is 17.3 Å². The van der Waals surface area contributed by atoms with Gasteiger partial charge in [0.2, 0.25) is 17.6 Å². The Morgan fingerprint density at radius 3 is 2.27 bits per heavy atom. The van der Waals surface area contributed by atoms with Gasteiger partial charge in [0.1, 0.15) is 11.5 Å². The number of carbonyl (C=O) groups is 4. The van der Waals surface area contributed by atoms with E-state index in [1.165, 1.54) is 0 Å². The number of phenols is 1. The van der Waals surface area contributed by atoms with Gasteiger partial charge in [0.05, 0.1) is 24.3 Å². The average Bonchev–Trinajstić information content (AvgIpc) is 2.81. The maximum Gasteiger partial charge on any atom is 0.225 e. The van der Waals surface area contributed by atoms with E-state index in [1.54, 1.807) is 44.1 Å². The van der Waals surface area contributed by atoms with Crippen molar-refractivity contribution in [1.29, 1.82) is 0 Å². The molecule has 0 heterocycles. The Bertz CT molecular complexity index is 1300. The number of aliphatic hydroxyl groups excluding tert-OH is 2. The number of hydrogen-bond acceptors (Lipinski definition) is 10. The molecule has 2 aliphatic carbocycles. The molecule has 0 aromatic heterocycles. The molecule has 3 rings (SSSR count). The van der Waals surface area contributed by atoms with Crippen molar-refractivity contribution in [3.8, 4) is 5.75 Å². The number of nitrogens with one attached hydrogen (secondary N) is 1. The van der Waals surface area contributed by atoms with Crippen LogP contribution in [0.3, 0.4) is 0 Å². The first-order valence-electron chi connectivity index (χ1n) is 13.5. The van der Waals surface area contributed by atoms with E-state index in [2.05, 4.69) is 5.32 Å². The minimum absolute atomic E-state index is 0.00663. The second kappa shape index (κ2) is 11.4. The molecule has 1 saturated carbocycles. The van der Waals surface area contributed by atoms with Crippen LogP contribution in [0.15, 0.2) is 11.6 Å². The second-order valence-electron chi connectivity index (χ2n) is 12.7. The highest BCUT2D eigenvalue weighted by atomic mass is 16.3. The lowest BCUT2D eigenvalue weighted by Gasteiger charge is -2.47. The SMILES string of the molecule is CN(C)c1cc(NC(=O)CC(C)(C)C)c(O)c2c1CC1CC([C@@H](CO)N(C)C)[C@@](O)(C(=O)CC(N)=O)C(=O)C1=C2O. The number of Topliss-reactive ketones (excluding diaryl/α,β-unsaturated/α-hetero) is 2. The molecule has 1 aromatic carbocycles. The van der Waals surface area contributed by atoms with Gasteiger partial charge in [-0.1, -0.05) is 20.8 Å². The summed E-state index contributed by atoms with van der Waals surface area (Å²) >= 11 is 0. The predicted octanol–water partition coefficient (Wildman–Crippen LogP) is 0.961. The van der Waals surface area contributed by atoms with Crippen LogP contribution in [0.2, 0.25) is 0 Å². The van der Waals surface area contributed by atoms with E-state index < -0.39 is 65.5 Å². The fourth-order valence-electron chi connectivity index (χ4n) is 6.06. The normalized spacial score (nSPS) is 23.1. The minimum Gasteiger partial charge on any atom is -0.507 e. The molecule has 0 saturated heterocycles. The van der Waals surface area contributed by atoms with E-state index in [0.29, 0.717) is 11.3 Å². The Labute approximate surface area is 239 Å². The highest BCUT2D eigenvalue weighted by Gasteiger charge is 2.60. The number of hydrogen-bond donors (Lipinski definition) is 6. The third kappa shape index (κ3) is 5.95. The number of aliphatic hydroxyl groups is 3. The number of phenolic OH excluding ortho intramolecular Hbond substituents is 1. The van der Waals surface area contributed by atoms with E-state index >= 15 is 0 Å². The lowest BCUT2D eigenvalue weighted by atomic mass is 9.60. The number of aromatic hydroxyl groups is 1. The summed E-state index contributed by atoms with van der Waals surface area (Å²) in [6.45, 7) is 5.18. The van der Waals surface area contributed by atoms with E-state index in [1.807, 2.05) is 20.8 Å². The van der Waals surface area contributed by atoms with Crippen LogP contribution >= 0.6 is 0 Å². The molecule has 226 valence electrons. The zero-order chi connectivity index (χ0) is 31.2. The topological polar surface area (TPSA) is 194 Å². The number of nitrogens with zero attached hydrogens (tertiary/aromatic N) is 2. The molecule has 2 amide bonds. The smallest absolute Gasteiger partial charge is 0.225 e. The van der Waals surface area contributed by atoms with Crippen molar-refractivity contribution in [2.75, 3.05) is 45.0 Å². The van der Waals surface area contributed by atoms with Gasteiger partial charge in [-0.2, -0.15) is 0 Å². The van der Waals surface area contributed by atoms with Gasteiger partial charge >= 0.3 is 0 Å². The molecule has 0 spiro atoms. The van der Waals surface area contributed by atoms with Crippen LogP contribution in [0.5, 0.6) is 5.75 Å². The van der Waals surface area contributed by atoms with Gasteiger partial charge in [0.15, 0.2) is 11.4 Å². The Balaban J connectivity index is 2.25. The van der Waals surface area contributed by atoms with Gasteiger partial charge in [-0.25, -0.2) is 0 Å². The molecular weight excluding hydrogens is 532 g/mol. The largest absolute Gasteiger partial charge is 0.507 e. The maximum absolute atomic E-state index is 14.0. The third-order valence-corrected chi connectivity index (χ3v) is 7.92. The summed E-state index contributed by atoms with van der Waals surface area (Å²) < 4.78 is 0. The number of primary amides is 1. The number of nitrogens with two attached hydrogens (primary N) is 1. The van der Waals surface area contributed by atoms with Crippen LogP contribution in [0.25, 0.3) is 5.76 Å². The number of anilines is 2. The number of fused-ring (bicyclic) bond motifs is 2. The monoisotopic (exact) mass is 574 g/mol. The van der Waals surface area contributed by atoms with Gasteiger partial charge in [-0.05, 0) is 49.9 Å². The van der Waals surface area contributed by atoms with E-state index in [4.69, 9.17) is 5.73 Å². The zero-order valence-corrected chi connectivity index (χ0v) is 24.7. The van der Waals surface area contributed by atoms with Crippen molar-refractivity contribution in [2.24, 2.45) is 23.0 Å². The molecule has 0 radical (unpaired) electrons. The first kappa shape index (κ1) is 32.0. The molecule has 1 aromatic rings. The van der Waals surface area contributed by atoms with Crippen molar-refractivity contribution >= 4 is 40.5 Å². The highest BCUT2D eigenvalue weighted by molar-refractivity contribution is 6.23. The molecule has 12 nitrogen and oxygen atoms in total. The number of likely N-dealkylation sites (N-methyl/N-ethyl adjacent to an activating group) is 1. The van der Waals surface area contributed by atoms with Crippen molar-refractivity contribution in [2.45, 2.75) is 58.1 Å². The molecule has 0 bridgehead atoms. The van der Waals surface area contributed by atoms with Gasteiger partial charge in [0.25, 0.3) is 0 Å². The van der Waals surface area contributed by atoms with Crippen molar-refractivity contribution in [1.82, 2.24) is 4.90 Å². The van der Waals surface area contributed by atoms with Crippen LogP contribution in [-0.4, -0.2) is 95.1 Å². The fraction of sp³-hybridized carbons (Fsp3) is 0.586. The van der Waals surface area contributed by atoms with Crippen LogP contribution in [0.4, 0.5) is 11.4 Å². The Hall–Kier alpha value is -3.48. The summed E-state index contributed by atoms with van der Waals surface area (Å²) in [4.78, 5) is 55.0. The number of amides is 2. The summed E-state index contributed by atoms with van der Waals surface area (Å²) in [6.07, 6.45) is -0.602. The zero-order valence-electron chi connectivity index (χ0n) is 24.7. The van der Waals surface area contributed by atoms with Gasteiger partial charge in [-0.15, -0.1) is 0 Å². The molecule has 7 N–H and O–H groups in total. The highest BCUT2D eigenvalue weighted by Crippen LogP contribution is 2.52. The summed E-state index contributed by atoms with van der Waals surface area (Å²) in [6, 6.07) is 0.756. The Morgan fingerprint density at radius 2 is 1.78 bits per heavy atom. The Kier molecular flexibility index (Phi) is 8.92. The van der Waals surface area contributed by atoms with E-state index in [9.17, 15) is 39.6 Å². The average molecular weight is 575 g/mol. The molecular formula is C29H42N4O8. The van der Waals surface area contributed by atoms with Crippen LogP contribution in [0.1, 0.15) is 51.2 Å². The molecule has 4 atom stereocenters. The first-order valence-corrected chi connectivity index (χ1v) is 13.5. The van der Waals surface area contributed by atoms with Gasteiger partial charge in [-0.3, -0.25) is 19.2 Å². The van der Waals surface area contributed by atoms with Crippen LogP contribution < -0.4 is 16.0 Å². The van der Waals surface area contributed by atoms with Gasteiger partial charge in [0, 0.05) is 43.7 Å². The van der Waals surface area contributed by atoms with Crippen molar-refractivity contribution in [3.05, 3.63) is 22.8 Å². The first-order chi connectivity index (χ1) is 18.8. The summed E-state index contributed by atoms with van der Waals surface area (Å²) in [5.74, 6) is -6.54. The number of carbonyl (C=O) groups excluding carboxylic acids is 4. The molecule has 2 unspecified atom stereocenters. The lowest BCUT2D eigenvalue weighted by Crippen LogP contribution is -2.64. The number of benzene rings is 1. The van der Waals surface area contributed by atoms with Crippen LogP contribution in [-0.2, 0) is 25.6 Å². The molecule has 41 heavy (non-hydrogen) atoms. The summed E-state index contributed by atoms with van der Waals surface area (Å²) in [5.41, 5.74) is 2.90. The minimum atomic E-state index is -2.76. The maximum atomic E-state index is 14.0. The number of rotatable bonds is 9. The van der Waals surface area contributed by atoms with Crippen molar-refractivity contribution in [3.63, 3.8) is 0 Å². The molecule has 12 heteroatoms. The standard InChI is InChI=1S/C29H42N4O8/c1-28(2,3)12-22(37)31-17-10-18(32(4)5)15-8-14-9-16(19(13-34)33(6)7)29(41,20(35)11-21(30)36)27(40)23(14)26(39)24(15)25(17)38/h10,14,16,19,34,38-39,41H,8-9,11-13H2,1-7H3,(H2,30,36)(H,31,37)/t14?,16?,19-,29-/m1/s1. The van der Waals surface area contributed by atoms with Gasteiger partial charge < -0.3 is 41.3 Å². The van der Waals surface area contributed by atoms with E-state index in [0.717, 1.165) is 0 Å². The van der Waals surface area contributed by atoms with Crippen molar-refractivity contribution < 1.29 is 39.6 Å². The summed E-state index contributed by atoms with van der Waals surface area (Å²) in [7, 11) is 6.77. The molecule has 0 aliphatic heterocycles. The lowest BCUT2D eigenvalue weighted by molar-refractivity contribution is -0.163. The van der Waals surface area contributed by atoms with E-state index in [-0.39, 0.29) is 47.4 Å². The third-order valence-electron chi connectivity index (χ3n) is 7.92. The summed E-state index contributed by atoms with van der Waals surface area (Å²) in [5, 5.41) is 47.4. The number of ketones is 2. The second-order valence-corrected chi connectivity index (χ2v) is 12.7. The predicted molar refractivity (Wildman–Crippen MR) is 153 cm³/mol. The molecule has 1 fully saturated rings.